The Labute approximate surface area is 82.0 Å². The van der Waals surface area contributed by atoms with Crippen LogP contribution in [0.25, 0.3) is 0 Å². The minimum atomic E-state index is -0.0500. The van der Waals surface area contributed by atoms with Gasteiger partial charge in [-0.3, -0.25) is 10.8 Å². The third-order valence-corrected chi connectivity index (χ3v) is 2.72. The molecule has 0 aromatic carbocycles. The SMILES string of the molecule is N=C1C(=N)C(Cl)=C(Br)C=C1Cl. The van der Waals surface area contributed by atoms with Gasteiger partial charge >= 0.3 is 0 Å². The summed E-state index contributed by atoms with van der Waals surface area (Å²) in [5, 5.41) is 15.0. The van der Waals surface area contributed by atoms with E-state index in [4.69, 9.17) is 34.0 Å². The van der Waals surface area contributed by atoms with Crippen LogP contribution >= 0.6 is 39.1 Å². The molecule has 5 heteroatoms. The van der Waals surface area contributed by atoms with Gasteiger partial charge in [0.2, 0.25) is 0 Å². The van der Waals surface area contributed by atoms with Crippen LogP contribution in [0.2, 0.25) is 0 Å². The Hall–Kier alpha value is -0.120. The first-order valence-electron chi connectivity index (χ1n) is 2.64. The van der Waals surface area contributed by atoms with E-state index in [-0.39, 0.29) is 21.5 Å². The number of rotatable bonds is 0. The van der Waals surface area contributed by atoms with E-state index < -0.39 is 0 Å². The van der Waals surface area contributed by atoms with Gasteiger partial charge in [-0.1, -0.05) is 23.2 Å². The number of allylic oxidation sites excluding steroid dienone is 4. The first-order valence-corrected chi connectivity index (χ1v) is 4.19. The molecule has 58 valence electrons. The summed E-state index contributed by atoms with van der Waals surface area (Å²) in [5.74, 6) is 0. The van der Waals surface area contributed by atoms with Gasteiger partial charge in [-0.2, -0.15) is 0 Å². The van der Waals surface area contributed by atoms with Crippen LogP contribution in [0.5, 0.6) is 0 Å². The summed E-state index contributed by atoms with van der Waals surface area (Å²) in [5.41, 5.74) is -0.0918. The first-order chi connectivity index (χ1) is 5.04. The minimum Gasteiger partial charge on any atom is -0.297 e. The molecular formula is C6H3BrCl2N2. The highest BCUT2D eigenvalue weighted by Gasteiger charge is 2.19. The van der Waals surface area contributed by atoms with E-state index >= 15 is 0 Å². The standard InChI is InChI=1S/C6H3BrCl2N2/c7-2-1-3(8)5(10)6(11)4(2)9/h1,10-11H. The third kappa shape index (κ3) is 1.55. The molecule has 0 bridgehead atoms. The number of hydrogen-bond acceptors (Lipinski definition) is 2. The van der Waals surface area contributed by atoms with Gasteiger partial charge in [-0.15, -0.1) is 0 Å². The Morgan fingerprint density at radius 1 is 1.18 bits per heavy atom. The summed E-state index contributed by atoms with van der Waals surface area (Å²) in [4.78, 5) is 0. The molecule has 0 saturated heterocycles. The van der Waals surface area contributed by atoms with E-state index in [2.05, 4.69) is 15.9 Å². The zero-order chi connectivity index (χ0) is 8.59. The second-order valence-electron chi connectivity index (χ2n) is 1.90. The van der Waals surface area contributed by atoms with Crippen molar-refractivity contribution in [3.8, 4) is 0 Å². The molecule has 0 saturated carbocycles. The summed E-state index contributed by atoms with van der Waals surface area (Å²) in [6.45, 7) is 0. The van der Waals surface area contributed by atoms with Gasteiger partial charge in [0.05, 0.1) is 15.8 Å². The highest BCUT2D eigenvalue weighted by Crippen LogP contribution is 2.27. The summed E-state index contributed by atoms with van der Waals surface area (Å²) in [6, 6.07) is 0. The van der Waals surface area contributed by atoms with Crippen molar-refractivity contribution in [3.63, 3.8) is 0 Å². The Kier molecular flexibility index (Phi) is 2.52. The molecule has 0 aliphatic heterocycles. The molecule has 2 nitrogen and oxygen atoms in total. The summed E-state index contributed by atoms with van der Waals surface area (Å²) in [6.07, 6.45) is 1.50. The van der Waals surface area contributed by atoms with Gasteiger partial charge in [0.15, 0.2) is 0 Å². The average Bonchev–Trinajstić information content (AvgIpc) is 1.97. The molecule has 1 aliphatic carbocycles. The average molecular weight is 254 g/mol. The molecule has 0 atom stereocenters. The predicted molar refractivity (Wildman–Crippen MR) is 51.2 cm³/mol. The lowest BCUT2D eigenvalue weighted by molar-refractivity contribution is 1.47. The predicted octanol–water partition coefficient (Wildman–Crippen LogP) is 3.01. The van der Waals surface area contributed by atoms with Gasteiger partial charge in [0.1, 0.15) is 5.71 Å². The van der Waals surface area contributed by atoms with Crippen LogP contribution in [0, 0.1) is 10.8 Å². The molecule has 2 N–H and O–H groups in total. The van der Waals surface area contributed by atoms with Gasteiger partial charge in [0, 0.05) is 4.48 Å². The number of halogens is 3. The van der Waals surface area contributed by atoms with Crippen LogP contribution in [0.15, 0.2) is 20.6 Å². The van der Waals surface area contributed by atoms with Crippen LogP contribution in [0.1, 0.15) is 0 Å². The van der Waals surface area contributed by atoms with Crippen molar-refractivity contribution in [2.45, 2.75) is 0 Å². The molecule has 0 aromatic rings. The van der Waals surface area contributed by atoms with Gasteiger partial charge in [0.25, 0.3) is 0 Å². The lowest BCUT2D eigenvalue weighted by Gasteiger charge is -2.10. The van der Waals surface area contributed by atoms with Crippen LogP contribution in [-0.2, 0) is 0 Å². The fraction of sp³-hybridized carbons (Fsp3) is 0. The fourth-order valence-electron chi connectivity index (χ4n) is 0.595. The number of hydrogen-bond donors (Lipinski definition) is 2. The highest BCUT2D eigenvalue weighted by molar-refractivity contribution is 9.12. The molecule has 0 unspecified atom stereocenters. The smallest absolute Gasteiger partial charge is 0.100 e. The number of nitrogens with one attached hydrogen (secondary N) is 2. The van der Waals surface area contributed by atoms with Crippen molar-refractivity contribution in [1.29, 1.82) is 10.8 Å². The molecule has 11 heavy (non-hydrogen) atoms. The maximum Gasteiger partial charge on any atom is 0.100 e. The van der Waals surface area contributed by atoms with Gasteiger partial charge in [-0.05, 0) is 22.0 Å². The summed E-state index contributed by atoms with van der Waals surface area (Å²) >= 11 is 14.3. The second kappa shape index (κ2) is 3.09. The third-order valence-electron chi connectivity index (χ3n) is 1.17. The lowest BCUT2D eigenvalue weighted by atomic mass is 10.1. The van der Waals surface area contributed by atoms with Crippen molar-refractivity contribution in [1.82, 2.24) is 0 Å². The quantitative estimate of drug-likeness (QED) is 0.624. The summed E-state index contributed by atoms with van der Waals surface area (Å²) < 4.78 is 0.546. The van der Waals surface area contributed by atoms with E-state index in [1.807, 2.05) is 0 Å². The fourth-order valence-corrected chi connectivity index (χ4v) is 1.51. The van der Waals surface area contributed by atoms with Gasteiger partial charge < -0.3 is 0 Å². The van der Waals surface area contributed by atoms with Crippen LogP contribution in [0.4, 0.5) is 0 Å². The van der Waals surface area contributed by atoms with Crippen molar-refractivity contribution in [2.75, 3.05) is 0 Å². The van der Waals surface area contributed by atoms with E-state index in [1.165, 1.54) is 6.08 Å². The monoisotopic (exact) mass is 252 g/mol. The Balaban J connectivity index is 3.22. The van der Waals surface area contributed by atoms with Gasteiger partial charge in [-0.25, -0.2) is 0 Å². The molecule has 1 aliphatic rings. The van der Waals surface area contributed by atoms with Crippen molar-refractivity contribution >= 4 is 50.6 Å². The first kappa shape index (κ1) is 8.97. The molecular weight excluding hydrogens is 251 g/mol. The van der Waals surface area contributed by atoms with Crippen molar-refractivity contribution in [3.05, 3.63) is 20.6 Å². The minimum absolute atomic E-state index is 0.0418. The Bertz CT molecular complexity index is 300. The van der Waals surface area contributed by atoms with Crippen molar-refractivity contribution < 1.29 is 0 Å². The lowest BCUT2D eigenvalue weighted by Crippen LogP contribution is -2.16. The van der Waals surface area contributed by atoms with Crippen LogP contribution < -0.4 is 0 Å². The van der Waals surface area contributed by atoms with E-state index in [9.17, 15) is 0 Å². The molecule has 0 heterocycles. The maximum atomic E-state index is 7.29. The largest absolute Gasteiger partial charge is 0.297 e. The zero-order valence-electron chi connectivity index (χ0n) is 5.21. The van der Waals surface area contributed by atoms with Crippen LogP contribution in [-0.4, -0.2) is 11.4 Å². The van der Waals surface area contributed by atoms with Crippen molar-refractivity contribution in [2.24, 2.45) is 0 Å². The van der Waals surface area contributed by atoms with E-state index in [1.54, 1.807) is 0 Å². The topological polar surface area (TPSA) is 47.7 Å². The van der Waals surface area contributed by atoms with Crippen LogP contribution in [0.3, 0.4) is 0 Å². The normalized spacial score (nSPS) is 19.0. The summed E-state index contributed by atoms with van der Waals surface area (Å²) in [7, 11) is 0. The Morgan fingerprint density at radius 3 is 2.27 bits per heavy atom. The zero-order valence-corrected chi connectivity index (χ0v) is 8.31. The molecule has 0 fully saturated rings. The van der Waals surface area contributed by atoms with E-state index in [0.29, 0.717) is 4.48 Å². The van der Waals surface area contributed by atoms with E-state index in [0.717, 1.165) is 0 Å². The molecule has 1 rings (SSSR count). The molecule has 0 aromatic heterocycles. The molecule has 0 radical (unpaired) electrons. The maximum absolute atomic E-state index is 7.29. The second-order valence-corrected chi connectivity index (χ2v) is 3.54. The highest BCUT2D eigenvalue weighted by atomic mass is 79.9. The Morgan fingerprint density at radius 2 is 1.73 bits per heavy atom. The molecule has 0 amide bonds. The molecule has 0 spiro atoms.